The maximum absolute atomic E-state index is 12.5. The normalized spacial score (nSPS) is 23.1. The molecular weight excluding hydrogens is 311 g/mol. The van der Waals surface area contributed by atoms with Gasteiger partial charge in [-0.2, -0.15) is 4.31 Å². The summed E-state index contributed by atoms with van der Waals surface area (Å²) in [7, 11) is 0. The van der Waals surface area contributed by atoms with Gasteiger partial charge in [-0.15, -0.1) is 24.1 Å². The van der Waals surface area contributed by atoms with Gasteiger partial charge in [0.25, 0.3) is 17.3 Å². The van der Waals surface area contributed by atoms with Crippen molar-refractivity contribution in [3.05, 3.63) is 0 Å². The smallest absolute Gasteiger partial charge is 0.278 e. The Hall–Kier alpha value is 0.210. The van der Waals surface area contributed by atoms with Gasteiger partial charge in [0.2, 0.25) is 0 Å². The van der Waals surface area contributed by atoms with Crippen LogP contribution in [0.5, 0.6) is 0 Å². The maximum Gasteiger partial charge on any atom is 0.278 e. The van der Waals surface area contributed by atoms with Crippen molar-refractivity contribution in [1.82, 2.24) is 9.62 Å². The van der Waals surface area contributed by atoms with E-state index in [1.165, 1.54) is 13.8 Å². The van der Waals surface area contributed by atoms with Crippen molar-refractivity contribution in [3.8, 4) is 0 Å². The summed E-state index contributed by atoms with van der Waals surface area (Å²) in [5.41, 5.74) is 0. The third kappa shape index (κ3) is 8.16. The van der Waals surface area contributed by atoms with Crippen LogP contribution in [0.4, 0.5) is 20.4 Å². The van der Waals surface area contributed by atoms with Crippen molar-refractivity contribution in [2.24, 2.45) is 5.92 Å². The van der Waals surface area contributed by atoms with Crippen molar-refractivity contribution in [2.45, 2.75) is 33.1 Å². The van der Waals surface area contributed by atoms with Crippen LogP contribution < -0.4 is 5.32 Å². The molecule has 2 nitrogen and oxygen atoms in total. The highest BCUT2D eigenvalue weighted by Crippen LogP contribution is 2.55. The molecule has 1 N–H and O–H groups in total. The van der Waals surface area contributed by atoms with Crippen molar-refractivity contribution in [1.29, 1.82) is 0 Å². The summed E-state index contributed by atoms with van der Waals surface area (Å²) in [6.07, 6.45) is 0.590. The highest BCUT2D eigenvalue weighted by Gasteiger charge is 2.37. The molecule has 19 heavy (non-hydrogen) atoms. The summed E-state index contributed by atoms with van der Waals surface area (Å²) in [4.78, 5) is 0. The molecule has 1 rings (SSSR count). The minimum absolute atomic E-state index is 0. The summed E-state index contributed by atoms with van der Waals surface area (Å²) in [6.45, 7) is 5.32. The molecule has 1 aliphatic heterocycles. The lowest BCUT2D eigenvalue weighted by Crippen LogP contribution is -2.44. The van der Waals surface area contributed by atoms with Crippen molar-refractivity contribution in [2.75, 3.05) is 26.2 Å². The Morgan fingerprint density at radius 3 is 1.84 bits per heavy atom. The zero-order chi connectivity index (χ0) is 14.4. The van der Waals surface area contributed by atoms with Gasteiger partial charge < -0.3 is 5.32 Å². The Balaban J connectivity index is 0. The van der Waals surface area contributed by atoms with Crippen LogP contribution in [0.25, 0.3) is 0 Å². The molecule has 0 radical (unpaired) electrons. The Labute approximate surface area is 119 Å². The quantitative estimate of drug-likeness (QED) is 0.772. The molecule has 1 unspecified atom stereocenters. The Morgan fingerprint density at radius 1 is 1.21 bits per heavy atom. The van der Waals surface area contributed by atoms with E-state index in [4.69, 9.17) is 0 Å². The number of piperidine rings is 1. The van der Waals surface area contributed by atoms with Crippen LogP contribution in [-0.2, 0) is 0 Å². The van der Waals surface area contributed by atoms with E-state index in [9.17, 15) is 20.4 Å². The minimum atomic E-state index is -4.93. The summed E-state index contributed by atoms with van der Waals surface area (Å²) >= 11 is -4.93. The predicted molar refractivity (Wildman–Crippen MR) is 72.7 cm³/mol. The van der Waals surface area contributed by atoms with Gasteiger partial charge >= 0.3 is 0 Å². The number of hydrogen-bond acceptors (Lipinski definition) is 2. The average Bonchev–Trinajstić information content (AvgIpc) is 2.23. The Morgan fingerprint density at radius 2 is 1.68 bits per heavy atom. The third-order valence-corrected chi connectivity index (χ3v) is 3.94. The van der Waals surface area contributed by atoms with E-state index in [-0.39, 0.29) is 32.0 Å². The molecule has 120 valence electrons. The van der Waals surface area contributed by atoms with E-state index >= 15 is 0 Å². The van der Waals surface area contributed by atoms with Crippen LogP contribution in [0.15, 0.2) is 0 Å². The molecule has 1 aliphatic rings. The van der Waals surface area contributed by atoms with E-state index in [0.29, 0.717) is 10.7 Å². The predicted octanol–water partition coefficient (Wildman–Crippen LogP) is 4.37. The largest absolute Gasteiger partial charge is 0.311 e. The fraction of sp³-hybridized carbons (Fsp3) is 1.00. The van der Waals surface area contributed by atoms with Gasteiger partial charge in [-0.3, -0.25) is 0 Å². The maximum atomic E-state index is 12.5. The number of hydrogen-bond donors (Lipinski definition) is 1. The van der Waals surface area contributed by atoms with Gasteiger partial charge in [0, 0.05) is 19.0 Å². The molecular formula is C10H22ClF5N2S. The monoisotopic (exact) mass is 332 g/mol. The molecule has 0 aromatic heterocycles. The first kappa shape index (κ1) is 21.5. The average molecular weight is 333 g/mol. The zero-order valence-electron chi connectivity index (χ0n) is 11.3. The first-order chi connectivity index (χ1) is 8.15. The zero-order valence-corrected chi connectivity index (χ0v) is 12.9. The number of nitrogens with one attached hydrogen (secondary N) is 1. The number of rotatable bonds is 3. The highest BCUT2D eigenvalue weighted by molar-refractivity contribution is 8.18. The van der Waals surface area contributed by atoms with Gasteiger partial charge in [-0.05, 0) is 13.0 Å². The van der Waals surface area contributed by atoms with Crippen LogP contribution >= 0.6 is 23.8 Å². The van der Waals surface area contributed by atoms with Gasteiger partial charge in [0.05, 0.1) is 6.54 Å². The molecule has 0 bridgehead atoms. The first-order valence-electron chi connectivity index (χ1n) is 5.91. The first-order valence-corrected chi connectivity index (χ1v) is 7.20. The molecule has 0 amide bonds. The Kier molecular flexibility index (Phi) is 10.4. The van der Waals surface area contributed by atoms with Crippen molar-refractivity contribution >= 4 is 23.8 Å². The van der Waals surface area contributed by atoms with E-state index in [2.05, 4.69) is 5.32 Å². The number of halogens is 6. The molecule has 1 heterocycles. The van der Waals surface area contributed by atoms with Gasteiger partial charge in [-0.25, -0.2) is 8.78 Å². The number of nitrogens with zero attached hydrogens (tertiary/aromatic N) is 1. The molecule has 0 saturated carbocycles. The van der Waals surface area contributed by atoms with Crippen molar-refractivity contribution in [3.63, 3.8) is 0 Å². The second-order valence-corrected chi connectivity index (χ2v) is 5.40. The summed E-state index contributed by atoms with van der Waals surface area (Å²) < 4.78 is 60.8. The summed E-state index contributed by atoms with van der Waals surface area (Å²) in [6, 6.07) is 0. The van der Waals surface area contributed by atoms with Crippen LogP contribution in [0.2, 0.25) is 0 Å². The number of alkyl halides is 2. The van der Waals surface area contributed by atoms with Gasteiger partial charge in [0.1, 0.15) is 0 Å². The SMILES string of the molecule is CC1CCNCC1(F)F.CCN(CC)S(F)(F)F.Cl. The summed E-state index contributed by atoms with van der Waals surface area (Å²) in [5.74, 6) is -2.92. The van der Waals surface area contributed by atoms with E-state index in [1.54, 1.807) is 6.92 Å². The van der Waals surface area contributed by atoms with Gasteiger partial charge in [0.15, 0.2) is 0 Å². The standard InChI is InChI=1S/C6H11F2N.C4H10F3NS.ClH/c1-5-2-3-9-4-6(5,7)8;1-3-8(4-2)9(5,6)7;/h5,9H,2-4H2,1H3;3-4H2,1-2H3;1H. The second kappa shape index (κ2) is 9.20. The summed E-state index contributed by atoms with van der Waals surface area (Å²) in [5, 5.41) is 2.66. The Bertz CT molecular complexity index is 236. The molecule has 0 aromatic rings. The van der Waals surface area contributed by atoms with Crippen LogP contribution in [0, 0.1) is 5.92 Å². The third-order valence-electron chi connectivity index (χ3n) is 2.83. The lowest BCUT2D eigenvalue weighted by atomic mass is 9.97. The lowest BCUT2D eigenvalue weighted by Gasteiger charge is -2.28. The van der Waals surface area contributed by atoms with Crippen LogP contribution in [0.3, 0.4) is 0 Å². The van der Waals surface area contributed by atoms with E-state index in [0.717, 1.165) is 6.54 Å². The van der Waals surface area contributed by atoms with E-state index < -0.39 is 23.2 Å². The fourth-order valence-corrected chi connectivity index (χ4v) is 2.06. The molecule has 9 heteroatoms. The van der Waals surface area contributed by atoms with Crippen LogP contribution in [-0.4, -0.2) is 36.4 Å². The highest BCUT2D eigenvalue weighted by atomic mass is 35.5. The molecule has 0 aromatic carbocycles. The van der Waals surface area contributed by atoms with Crippen molar-refractivity contribution < 1.29 is 20.4 Å². The molecule has 0 aliphatic carbocycles. The second-order valence-electron chi connectivity index (χ2n) is 4.12. The minimum Gasteiger partial charge on any atom is -0.311 e. The lowest BCUT2D eigenvalue weighted by molar-refractivity contribution is -0.0658. The van der Waals surface area contributed by atoms with Crippen LogP contribution in [0.1, 0.15) is 27.2 Å². The molecule has 1 saturated heterocycles. The fourth-order valence-electron chi connectivity index (χ4n) is 1.48. The van der Waals surface area contributed by atoms with Gasteiger partial charge in [-0.1, -0.05) is 20.8 Å². The van der Waals surface area contributed by atoms with E-state index in [1.807, 2.05) is 0 Å². The topological polar surface area (TPSA) is 15.3 Å². The molecule has 1 fully saturated rings. The molecule has 1 atom stereocenters. The molecule has 0 spiro atoms.